The molecule has 1 amide bonds. The normalized spacial score (nSPS) is 17.6. The molecule has 0 spiro atoms. The molecule has 0 aromatic heterocycles. The maximum absolute atomic E-state index is 14.3. The van der Waals surface area contributed by atoms with Crippen LogP contribution in [0.5, 0.6) is 5.75 Å². The number of hydrogen-bond donors (Lipinski definition) is 2. The molecule has 1 heterocycles. The van der Waals surface area contributed by atoms with Gasteiger partial charge in [0.05, 0.1) is 13.2 Å². The van der Waals surface area contributed by atoms with Gasteiger partial charge < -0.3 is 19.9 Å². The lowest BCUT2D eigenvalue weighted by atomic mass is 9.80. The Morgan fingerprint density at radius 2 is 1.83 bits per heavy atom. The highest BCUT2D eigenvalue weighted by Crippen LogP contribution is 2.44. The molecule has 0 bridgehead atoms. The average Bonchev–Trinajstić information content (AvgIpc) is 3.40. The van der Waals surface area contributed by atoms with E-state index in [4.69, 9.17) is 25.1 Å². The van der Waals surface area contributed by atoms with Gasteiger partial charge in [-0.25, -0.2) is 4.99 Å². The second-order valence-electron chi connectivity index (χ2n) is 10.1. The van der Waals surface area contributed by atoms with Crippen molar-refractivity contribution in [1.82, 2.24) is 5.32 Å². The molecule has 10 heteroatoms. The fraction of sp³-hybridized carbons (Fsp3) is 0.375. The Labute approximate surface area is 254 Å². The predicted octanol–water partition coefficient (Wildman–Crippen LogP) is 6.83. The van der Waals surface area contributed by atoms with Crippen molar-refractivity contribution < 1.29 is 19.4 Å². The fourth-order valence-electron chi connectivity index (χ4n) is 4.96. The molecule has 1 aliphatic heterocycles. The highest BCUT2D eigenvalue weighted by atomic mass is 79.9. The van der Waals surface area contributed by atoms with Crippen LogP contribution < -0.4 is 10.1 Å². The van der Waals surface area contributed by atoms with Gasteiger partial charge in [-0.05, 0) is 59.0 Å². The van der Waals surface area contributed by atoms with Gasteiger partial charge in [-0.2, -0.15) is 0 Å². The predicted molar refractivity (Wildman–Crippen MR) is 166 cm³/mol. The number of nitrogens with zero attached hydrogens (tertiary/aromatic N) is 4. The van der Waals surface area contributed by atoms with Crippen molar-refractivity contribution in [2.24, 2.45) is 10.1 Å². The van der Waals surface area contributed by atoms with Crippen LogP contribution in [0.2, 0.25) is 0 Å². The van der Waals surface area contributed by atoms with Gasteiger partial charge in [0.1, 0.15) is 5.75 Å². The van der Waals surface area contributed by atoms with Crippen molar-refractivity contribution >= 4 is 27.7 Å². The zero-order valence-electron chi connectivity index (χ0n) is 23.7. The molecule has 4 rings (SSSR count). The summed E-state index contributed by atoms with van der Waals surface area (Å²) >= 11 is 3.66. The van der Waals surface area contributed by atoms with Gasteiger partial charge in [0.25, 0.3) is 5.91 Å². The Hall–Kier alpha value is -3.85. The molecule has 2 atom stereocenters. The summed E-state index contributed by atoms with van der Waals surface area (Å²) in [6, 6.07) is 22.7. The Balaban J connectivity index is 1.81. The third-order valence-electron chi connectivity index (χ3n) is 7.16. The van der Waals surface area contributed by atoms with Gasteiger partial charge in [-0.3, -0.25) is 4.79 Å². The fourth-order valence-corrected chi connectivity index (χ4v) is 5.39. The van der Waals surface area contributed by atoms with Crippen LogP contribution in [0.15, 0.2) is 87.4 Å². The summed E-state index contributed by atoms with van der Waals surface area (Å²) in [6.07, 6.45) is 2.95. The molecule has 0 radical (unpaired) electrons. The molecule has 3 aromatic rings. The molecule has 3 aromatic carbocycles. The van der Waals surface area contributed by atoms with E-state index < -0.39 is 11.6 Å². The van der Waals surface area contributed by atoms with E-state index in [0.717, 1.165) is 40.4 Å². The Morgan fingerprint density at radius 3 is 2.55 bits per heavy atom. The number of aliphatic imine (C=N–C) groups is 1. The molecule has 0 aliphatic carbocycles. The number of carbonyl (C=O) groups excluding carboxylic acids is 1. The number of carbonyl (C=O) groups is 1. The van der Waals surface area contributed by atoms with E-state index in [0.29, 0.717) is 36.8 Å². The second kappa shape index (κ2) is 15.4. The standard InChI is InChI=1S/C32H36BrN5O4/c1-2-3-8-18-35-31(40)32(21-24-10-5-7-13-28(24)33)29(27-12-6-4-11-25(27)22-36-38-34)42-30(37-32)23-14-16-26(17-15-23)41-20-9-19-39/h4-7,10-17,29,39H,2-3,8-9,18-22H2,1H3,(H,35,40)/t29-,32-/m1/s1. The summed E-state index contributed by atoms with van der Waals surface area (Å²) in [5, 5.41) is 16.0. The first-order valence-corrected chi connectivity index (χ1v) is 15.0. The van der Waals surface area contributed by atoms with Crippen LogP contribution in [0, 0.1) is 0 Å². The quantitative estimate of drug-likeness (QED) is 0.0822. The van der Waals surface area contributed by atoms with Gasteiger partial charge in [0.2, 0.25) is 5.90 Å². The Morgan fingerprint density at radius 1 is 1.10 bits per heavy atom. The Kier molecular flexibility index (Phi) is 11.4. The van der Waals surface area contributed by atoms with E-state index in [1.54, 1.807) is 0 Å². The third kappa shape index (κ3) is 7.50. The number of halogens is 1. The topological polar surface area (TPSA) is 129 Å². The van der Waals surface area contributed by atoms with E-state index >= 15 is 0 Å². The summed E-state index contributed by atoms with van der Waals surface area (Å²) in [6.45, 7) is 3.24. The molecular formula is C32H36BrN5O4. The summed E-state index contributed by atoms with van der Waals surface area (Å²) < 4.78 is 13.2. The van der Waals surface area contributed by atoms with Gasteiger partial charge in [0, 0.05) is 40.9 Å². The van der Waals surface area contributed by atoms with Crippen LogP contribution in [0.3, 0.4) is 0 Å². The highest BCUT2D eigenvalue weighted by Gasteiger charge is 2.53. The first kappa shape index (κ1) is 31.1. The summed E-state index contributed by atoms with van der Waals surface area (Å²) in [5.41, 5.74) is 10.8. The van der Waals surface area contributed by atoms with E-state index in [1.165, 1.54) is 0 Å². The first-order valence-electron chi connectivity index (χ1n) is 14.2. The van der Waals surface area contributed by atoms with Crippen LogP contribution >= 0.6 is 15.9 Å². The number of nitrogens with one attached hydrogen (secondary N) is 1. The maximum Gasteiger partial charge on any atom is 0.252 e. The van der Waals surface area contributed by atoms with Crippen LogP contribution in [0.1, 0.15) is 61.0 Å². The molecule has 0 saturated heterocycles. The van der Waals surface area contributed by atoms with Crippen molar-refractivity contribution in [2.45, 2.75) is 57.2 Å². The van der Waals surface area contributed by atoms with Crippen molar-refractivity contribution in [3.05, 3.63) is 110 Å². The molecule has 0 fully saturated rings. The lowest BCUT2D eigenvalue weighted by Crippen LogP contribution is -2.50. The number of rotatable bonds is 15. The Bertz CT molecular complexity index is 1420. The van der Waals surface area contributed by atoms with E-state index in [-0.39, 0.29) is 25.5 Å². The zero-order chi connectivity index (χ0) is 29.8. The number of hydrogen-bond acceptors (Lipinski definition) is 6. The summed E-state index contributed by atoms with van der Waals surface area (Å²) in [4.78, 5) is 22.3. The van der Waals surface area contributed by atoms with Crippen LogP contribution in [-0.4, -0.2) is 42.2 Å². The number of aliphatic hydroxyl groups excluding tert-OH is 1. The smallest absolute Gasteiger partial charge is 0.252 e. The highest BCUT2D eigenvalue weighted by molar-refractivity contribution is 9.10. The number of azide groups is 1. The third-order valence-corrected chi connectivity index (χ3v) is 7.93. The van der Waals surface area contributed by atoms with Crippen LogP contribution in [0.25, 0.3) is 10.4 Å². The number of amides is 1. The summed E-state index contributed by atoms with van der Waals surface area (Å²) in [7, 11) is 0. The molecule has 1 aliphatic rings. The zero-order valence-corrected chi connectivity index (χ0v) is 25.3. The minimum atomic E-state index is -1.34. The summed E-state index contributed by atoms with van der Waals surface area (Å²) in [5.74, 6) is 0.781. The van der Waals surface area contributed by atoms with Crippen molar-refractivity contribution in [3.8, 4) is 5.75 Å². The SMILES string of the molecule is CCCCCNC(=O)[C@]1(Cc2ccccc2Br)N=C(c2ccc(OCCCO)cc2)O[C@@H]1c1ccccc1CN=[N+]=[N-]. The van der Waals surface area contributed by atoms with Crippen LogP contribution in [-0.2, 0) is 22.5 Å². The molecule has 0 unspecified atom stereocenters. The monoisotopic (exact) mass is 633 g/mol. The molecular weight excluding hydrogens is 598 g/mol. The number of unbranched alkanes of at least 4 members (excludes halogenated alkanes) is 2. The van der Waals surface area contributed by atoms with E-state index in [9.17, 15) is 4.79 Å². The number of aliphatic hydroxyl groups is 1. The largest absolute Gasteiger partial charge is 0.494 e. The van der Waals surface area contributed by atoms with Crippen molar-refractivity contribution in [2.75, 3.05) is 19.8 Å². The van der Waals surface area contributed by atoms with Gasteiger partial charge in [-0.1, -0.05) is 83.3 Å². The van der Waals surface area contributed by atoms with Gasteiger partial charge in [-0.15, -0.1) is 0 Å². The second-order valence-corrected chi connectivity index (χ2v) is 11.0. The number of benzene rings is 3. The maximum atomic E-state index is 14.3. The van der Waals surface area contributed by atoms with Crippen molar-refractivity contribution in [3.63, 3.8) is 0 Å². The van der Waals surface area contributed by atoms with Gasteiger partial charge in [0.15, 0.2) is 11.6 Å². The van der Waals surface area contributed by atoms with E-state index in [2.05, 4.69) is 38.2 Å². The minimum absolute atomic E-state index is 0.0609. The average molecular weight is 635 g/mol. The molecule has 0 saturated carbocycles. The molecule has 220 valence electrons. The lowest BCUT2D eigenvalue weighted by molar-refractivity contribution is -0.128. The lowest BCUT2D eigenvalue weighted by Gasteiger charge is -2.32. The van der Waals surface area contributed by atoms with Crippen LogP contribution in [0.4, 0.5) is 0 Å². The first-order chi connectivity index (χ1) is 20.5. The molecule has 42 heavy (non-hydrogen) atoms. The van der Waals surface area contributed by atoms with Gasteiger partial charge >= 0.3 is 0 Å². The van der Waals surface area contributed by atoms with Crippen molar-refractivity contribution in [1.29, 1.82) is 0 Å². The minimum Gasteiger partial charge on any atom is -0.494 e. The molecule has 9 nitrogen and oxygen atoms in total. The van der Waals surface area contributed by atoms with E-state index in [1.807, 2.05) is 72.8 Å². The number of ether oxygens (including phenoxy) is 2. The molecule has 2 N–H and O–H groups in total.